The Morgan fingerprint density at radius 3 is 1.67 bits per heavy atom. The lowest BCUT2D eigenvalue weighted by Crippen LogP contribution is -3.00. The molecule has 0 N–H and O–H groups in total. The van der Waals surface area contributed by atoms with E-state index in [0.29, 0.717) is 0 Å². The molecule has 0 aliphatic heterocycles. The Kier molecular flexibility index (Phi) is 9.83. The predicted molar refractivity (Wildman–Crippen MR) is 69.5 cm³/mol. The maximum atomic E-state index is 2.47. The number of unbranched alkanes of at least 4 members (excludes halogenated alkanes) is 3. The van der Waals surface area contributed by atoms with Crippen molar-refractivity contribution in [3.8, 4) is 0 Å². The molecule has 0 saturated heterocycles. The van der Waals surface area contributed by atoms with E-state index >= 15 is 0 Å². The average Bonchev–Trinajstić information content (AvgIpc) is 1.92. The van der Waals surface area contributed by atoms with Crippen LogP contribution in [0.2, 0.25) is 25.7 Å². The largest absolute Gasteiger partial charge is 1.00 e. The van der Waals surface area contributed by atoms with E-state index in [0.717, 1.165) is 4.48 Å². The molecule has 0 aromatic heterocycles. The topological polar surface area (TPSA) is 0 Å². The number of nitrogens with zero attached hydrogens (tertiary/aromatic N) is 1. The minimum Gasteiger partial charge on any atom is -1.00 e. The molecule has 0 radical (unpaired) electrons. The lowest BCUT2D eigenvalue weighted by atomic mass is 10.2. The first-order chi connectivity index (χ1) is 6.21. The van der Waals surface area contributed by atoms with Crippen molar-refractivity contribution in [2.45, 2.75) is 51.4 Å². The molecule has 0 amide bonds. The van der Waals surface area contributed by atoms with Gasteiger partial charge in [0.25, 0.3) is 0 Å². The monoisotopic (exact) mass is 343 g/mol. The average molecular weight is 343 g/mol. The molecule has 94 valence electrons. The summed E-state index contributed by atoms with van der Waals surface area (Å²) in [6.07, 6.45) is 5.74. The number of hydrogen-bond acceptors (Lipinski definition) is 0. The van der Waals surface area contributed by atoms with Gasteiger partial charge in [-0.3, -0.25) is 0 Å². The lowest BCUT2D eigenvalue weighted by molar-refractivity contribution is -0.870. The molecule has 0 heterocycles. The molecule has 0 aromatic carbocycles. The molecular formula is C12H30INSi. The summed E-state index contributed by atoms with van der Waals surface area (Å²) in [6.45, 7) is 8.74. The van der Waals surface area contributed by atoms with Crippen molar-refractivity contribution < 1.29 is 28.5 Å². The minimum absolute atomic E-state index is 0. The summed E-state index contributed by atoms with van der Waals surface area (Å²) < 4.78 is 1.12. The van der Waals surface area contributed by atoms with Crippen LogP contribution in [0.4, 0.5) is 0 Å². The molecule has 15 heavy (non-hydrogen) atoms. The van der Waals surface area contributed by atoms with E-state index in [1.807, 2.05) is 0 Å². The highest BCUT2D eigenvalue weighted by molar-refractivity contribution is 6.76. The van der Waals surface area contributed by atoms with Crippen LogP contribution in [0.1, 0.15) is 25.7 Å². The highest BCUT2D eigenvalue weighted by Gasteiger charge is 2.11. The predicted octanol–water partition coefficient (Wildman–Crippen LogP) is 0.595. The van der Waals surface area contributed by atoms with Crippen molar-refractivity contribution in [3.63, 3.8) is 0 Å². The van der Waals surface area contributed by atoms with Gasteiger partial charge in [0.2, 0.25) is 0 Å². The van der Waals surface area contributed by atoms with Gasteiger partial charge in [-0.1, -0.05) is 38.5 Å². The summed E-state index contributed by atoms with van der Waals surface area (Å²) in [5.74, 6) is 0. The zero-order valence-corrected chi connectivity index (χ0v) is 14.7. The summed E-state index contributed by atoms with van der Waals surface area (Å²) >= 11 is 0. The number of hydrogen-bond donors (Lipinski definition) is 0. The normalized spacial score (nSPS) is 12.4. The van der Waals surface area contributed by atoms with Gasteiger partial charge in [0.05, 0.1) is 27.7 Å². The second kappa shape index (κ2) is 8.07. The van der Waals surface area contributed by atoms with Crippen molar-refractivity contribution in [2.75, 3.05) is 27.7 Å². The van der Waals surface area contributed by atoms with Gasteiger partial charge in [-0.05, 0) is 12.8 Å². The minimum atomic E-state index is -0.758. The van der Waals surface area contributed by atoms with Crippen LogP contribution in [0.25, 0.3) is 0 Å². The Labute approximate surface area is 115 Å². The highest BCUT2D eigenvalue weighted by atomic mass is 127. The summed E-state index contributed by atoms with van der Waals surface area (Å²) in [5.41, 5.74) is 0. The fourth-order valence-corrected chi connectivity index (χ4v) is 2.91. The van der Waals surface area contributed by atoms with Gasteiger partial charge >= 0.3 is 0 Å². The van der Waals surface area contributed by atoms with E-state index in [1.54, 1.807) is 0 Å². The van der Waals surface area contributed by atoms with E-state index in [-0.39, 0.29) is 24.0 Å². The molecule has 0 unspecified atom stereocenters. The highest BCUT2D eigenvalue weighted by Crippen LogP contribution is 2.14. The SMILES string of the molecule is C[N+](C)(C)CCCCCC[Si](C)(C)C.[I-]. The van der Waals surface area contributed by atoms with E-state index in [9.17, 15) is 0 Å². The smallest absolute Gasteiger partial charge is 0.0780 e. The lowest BCUT2D eigenvalue weighted by Gasteiger charge is -2.23. The van der Waals surface area contributed by atoms with Gasteiger partial charge < -0.3 is 28.5 Å². The fourth-order valence-electron chi connectivity index (χ4n) is 1.60. The first kappa shape index (κ1) is 18.3. The van der Waals surface area contributed by atoms with Gasteiger partial charge in [0, 0.05) is 8.07 Å². The Morgan fingerprint density at radius 2 is 1.27 bits per heavy atom. The third kappa shape index (κ3) is 17.5. The van der Waals surface area contributed by atoms with Gasteiger partial charge in [-0.2, -0.15) is 0 Å². The summed E-state index contributed by atoms with van der Waals surface area (Å²) in [5, 5.41) is 0. The molecule has 0 fully saturated rings. The van der Waals surface area contributed by atoms with Crippen molar-refractivity contribution in [3.05, 3.63) is 0 Å². The number of halogens is 1. The Bertz CT molecular complexity index is 129. The third-order valence-electron chi connectivity index (χ3n) is 2.51. The first-order valence-corrected chi connectivity index (χ1v) is 9.72. The fraction of sp³-hybridized carbons (Fsp3) is 1.00. The molecule has 3 heteroatoms. The van der Waals surface area contributed by atoms with Crippen LogP contribution < -0.4 is 24.0 Å². The third-order valence-corrected chi connectivity index (χ3v) is 4.36. The summed E-state index contributed by atoms with van der Waals surface area (Å²) in [4.78, 5) is 0. The van der Waals surface area contributed by atoms with Crippen LogP contribution in [-0.2, 0) is 0 Å². The van der Waals surface area contributed by atoms with Crippen LogP contribution in [0.3, 0.4) is 0 Å². The standard InChI is InChI=1S/C12H30NSi.HI/c1-13(2,3)11-9-7-8-10-12-14(4,5)6;/h7-12H2,1-6H3;1H/q+1;/p-1. The Balaban J connectivity index is 0. The van der Waals surface area contributed by atoms with Crippen LogP contribution >= 0.6 is 0 Å². The Hall–Kier alpha value is 0.907. The quantitative estimate of drug-likeness (QED) is 0.275. The van der Waals surface area contributed by atoms with Crippen LogP contribution in [-0.4, -0.2) is 40.2 Å². The molecule has 1 nitrogen and oxygen atoms in total. The van der Waals surface area contributed by atoms with E-state index in [4.69, 9.17) is 0 Å². The van der Waals surface area contributed by atoms with E-state index < -0.39 is 8.07 Å². The van der Waals surface area contributed by atoms with Crippen molar-refractivity contribution >= 4 is 8.07 Å². The van der Waals surface area contributed by atoms with Crippen LogP contribution in [0.15, 0.2) is 0 Å². The molecule has 0 saturated carbocycles. The second-order valence-electron chi connectivity index (χ2n) is 6.74. The molecule has 0 atom stereocenters. The maximum absolute atomic E-state index is 2.47. The molecule has 0 aliphatic carbocycles. The van der Waals surface area contributed by atoms with Gasteiger partial charge in [-0.25, -0.2) is 0 Å². The zero-order chi connectivity index (χ0) is 11.2. The van der Waals surface area contributed by atoms with Crippen molar-refractivity contribution in [1.29, 1.82) is 0 Å². The Morgan fingerprint density at radius 1 is 0.800 bits per heavy atom. The van der Waals surface area contributed by atoms with Crippen LogP contribution in [0, 0.1) is 0 Å². The van der Waals surface area contributed by atoms with Gasteiger partial charge in [0.1, 0.15) is 0 Å². The number of rotatable bonds is 7. The molecule has 0 aromatic rings. The number of quaternary nitrogens is 1. The molecular weight excluding hydrogens is 313 g/mol. The van der Waals surface area contributed by atoms with E-state index in [2.05, 4.69) is 40.8 Å². The summed E-state index contributed by atoms with van der Waals surface area (Å²) in [6, 6.07) is 1.51. The zero-order valence-electron chi connectivity index (χ0n) is 11.6. The van der Waals surface area contributed by atoms with E-state index in [1.165, 1.54) is 38.3 Å². The first-order valence-electron chi connectivity index (χ1n) is 6.01. The molecule has 0 spiro atoms. The van der Waals surface area contributed by atoms with Gasteiger partial charge in [0.15, 0.2) is 0 Å². The van der Waals surface area contributed by atoms with Crippen LogP contribution in [0.5, 0.6) is 0 Å². The molecule has 0 rings (SSSR count). The maximum Gasteiger partial charge on any atom is 0.0780 e. The summed E-state index contributed by atoms with van der Waals surface area (Å²) in [7, 11) is 6.08. The second-order valence-corrected chi connectivity index (χ2v) is 12.4. The molecule has 0 aliphatic rings. The van der Waals surface area contributed by atoms with Crippen molar-refractivity contribution in [1.82, 2.24) is 0 Å². The van der Waals surface area contributed by atoms with Gasteiger partial charge in [-0.15, -0.1) is 0 Å². The van der Waals surface area contributed by atoms with Crippen molar-refractivity contribution in [2.24, 2.45) is 0 Å². The molecule has 0 bridgehead atoms.